The number of halogens is 3. The SMILES string of the molecule is F[PH+](F)F.[Au+].[Au+].[CH2-]c1c[c-]ccc1.c1ccc([PH+](c2ccccc2)c2ccccc2)cc1. The first-order chi connectivity index (χ1) is 14.6. The molecule has 0 saturated heterocycles. The fourth-order valence-electron chi connectivity index (χ4n) is 2.74. The Kier molecular flexibility index (Phi) is 17.7. The van der Waals surface area contributed by atoms with Gasteiger partial charge in [0.25, 0.3) is 0 Å². The van der Waals surface area contributed by atoms with E-state index in [1.165, 1.54) is 15.9 Å². The van der Waals surface area contributed by atoms with E-state index < -0.39 is 16.8 Å². The minimum Gasteiger partial charge on any atom is -0.306 e. The molecule has 0 atom stereocenters. The predicted molar refractivity (Wildman–Crippen MR) is 128 cm³/mol. The van der Waals surface area contributed by atoms with Gasteiger partial charge in [0.1, 0.15) is 15.9 Å². The van der Waals surface area contributed by atoms with Gasteiger partial charge in [0.15, 0.2) is 0 Å². The average Bonchev–Trinajstić information content (AvgIpc) is 2.77. The molecule has 0 saturated carbocycles. The molecule has 0 bridgehead atoms. The van der Waals surface area contributed by atoms with E-state index in [0.29, 0.717) is 0 Å². The number of hydrogen-bond donors (Lipinski definition) is 0. The summed E-state index contributed by atoms with van der Waals surface area (Å²) in [6.45, 7) is 3.69. The van der Waals surface area contributed by atoms with Crippen molar-refractivity contribution in [1.29, 1.82) is 0 Å². The maximum atomic E-state index is 9.77. The molecule has 0 aliphatic rings. The van der Waals surface area contributed by atoms with Crippen LogP contribution in [0.3, 0.4) is 0 Å². The maximum absolute atomic E-state index is 9.77. The summed E-state index contributed by atoms with van der Waals surface area (Å²) < 4.78 is 29.3. The zero-order chi connectivity index (χ0) is 21.6. The van der Waals surface area contributed by atoms with Crippen LogP contribution in [0.2, 0.25) is 0 Å². The summed E-state index contributed by atoms with van der Waals surface area (Å²) in [5.41, 5.74) is 1.02. The van der Waals surface area contributed by atoms with Crippen molar-refractivity contribution in [2.24, 2.45) is 0 Å². The third-order valence-corrected chi connectivity index (χ3v) is 6.69. The Morgan fingerprint density at radius 1 is 0.562 bits per heavy atom. The van der Waals surface area contributed by atoms with Gasteiger partial charge in [0.05, 0.1) is 7.92 Å². The molecule has 7 heteroatoms. The van der Waals surface area contributed by atoms with Gasteiger partial charge in [-0.25, -0.2) is 12.1 Å². The van der Waals surface area contributed by atoms with E-state index in [1.54, 1.807) is 0 Å². The molecule has 32 heavy (non-hydrogen) atoms. The predicted octanol–water partition coefficient (Wildman–Crippen LogP) is 6.70. The third kappa shape index (κ3) is 12.2. The molecular formula is C25H23Au2F3P2+2. The second-order valence-corrected chi connectivity index (χ2v) is 9.01. The second kappa shape index (κ2) is 18.3. The van der Waals surface area contributed by atoms with Crippen molar-refractivity contribution in [2.45, 2.75) is 0 Å². The molecule has 0 fully saturated rings. The van der Waals surface area contributed by atoms with Crippen molar-refractivity contribution in [3.05, 3.63) is 134 Å². The first-order valence-corrected chi connectivity index (χ1v) is 11.9. The molecule has 4 rings (SSSR count). The van der Waals surface area contributed by atoms with Gasteiger partial charge >= 0.3 is 53.6 Å². The van der Waals surface area contributed by atoms with Gasteiger partial charge in [0, 0.05) is 12.6 Å². The average molecular weight is 836 g/mol. The van der Waals surface area contributed by atoms with E-state index in [9.17, 15) is 12.6 Å². The van der Waals surface area contributed by atoms with Gasteiger partial charge in [0.2, 0.25) is 0 Å². The zero-order valence-electron chi connectivity index (χ0n) is 16.9. The Labute approximate surface area is 222 Å². The quantitative estimate of drug-likeness (QED) is 0.123. The van der Waals surface area contributed by atoms with Crippen LogP contribution < -0.4 is 15.9 Å². The Bertz CT molecular complexity index is 849. The van der Waals surface area contributed by atoms with E-state index in [4.69, 9.17) is 0 Å². The first kappa shape index (κ1) is 30.9. The molecule has 0 spiro atoms. The minimum atomic E-state index is -4.38. The summed E-state index contributed by atoms with van der Waals surface area (Å²) >= 11 is 0. The van der Waals surface area contributed by atoms with Gasteiger partial charge in [-0.3, -0.25) is 25.1 Å². The van der Waals surface area contributed by atoms with Crippen LogP contribution in [0.4, 0.5) is 12.6 Å². The van der Waals surface area contributed by atoms with Gasteiger partial charge < -0.3 is 5.56 Å². The largest absolute Gasteiger partial charge is 1.00 e. The van der Waals surface area contributed by atoms with Crippen molar-refractivity contribution < 1.29 is 57.4 Å². The summed E-state index contributed by atoms with van der Waals surface area (Å²) in [6, 6.07) is 43.0. The molecule has 174 valence electrons. The Morgan fingerprint density at radius 3 is 1.12 bits per heavy atom. The Hall–Kier alpha value is -1.12. The summed E-state index contributed by atoms with van der Waals surface area (Å²) in [5, 5.41) is 4.31. The van der Waals surface area contributed by atoms with Crippen LogP contribution in [-0.4, -0.2) is 0 Å². The standard InChI is InChI=1S/C18H15P.C7H6.2Au.F3HP/c1-4-10-16(11-5-1)19(17-12-6-2-7-13-17)18-14-8-3-9-15-18;1-7-5-3-2-4-6-7;;;1-4(2)3/h1-15H;2-3,5-6H,1H2;;;4H/q;-2;3*+1/p+1. The van der Waals surface area contributed by atoms with Crippen LogP contribution >= 0.6 is 16.8 Å². The first-order valence-electron chi connectivity index (χ1n) is 9.22. The Balaban J connectivity index is 0.000000621. The summed E-state index contributed by atoms with van der Waals surface area (Å²) in [4.78, 5) is 0. The maximum Gasteiger partial charge on any atom is 1.00 e. The van der Waals surface area contributed by atoms with Gasteiger partial charge in [-0.05, 0) is 36.4 Å². The molecule has 4 aromatic carbocycles. The summed E-state index contributed by atoms with van der Waals surface area (Å²) in [6.07, 6.45) is 0. The monoisotopic (exact) mass is 836 g/mol. The summed E-state index contributed by atoms with van der Waals surface area (Å²) in [5.74, 6) is 0. The van der Waals surface area contributed by atoms with Gasteiger partial charge in [-0.1, -0.05) is 54.6 Å². The topological polar surface area (TPSA) is 0 Å². The van der Waals surface area contributed by atoms with E-state index >= 15 is 0 Å². The van der Waals surface area contributed by atoms with Crippen LogP contribution in [0.15, 0.2) is 115 Å². The zero-order valence-corrected chi connectivity index (χ0v) is 23.2. The molecule has 0 aliphatic carbocycles. The van der Waals surface area contributed by atoms with Crippen molar-refractivity contribution in [2.75, 3.05) is 0 Å². The molecular weight excluding hydrogens is 813 g/mol. The fraction of sp³-hybridized carbons (Fsp3) is 0. The van der Waals surface area contributed by atoms with Gasteiger partial charge in [-0.2, -0.15) is 0 Å². The number of benzene rings is 4. The third-order valence-electron chi connectivity index (χ3n) is 3.96. The molecule has 0 radical (unpaired) electrons. The fourth-order valence-corrected chi connectivity index (χ4v) is 5.32. The smallest absolute Gasteiger partial charge is 0.306 e. The molecule has 0 N–H and O–H groups in total. The van der Waals surface area contributed by atoms with Crippen LogP contribution in [0.5, 0.6) is 0 Å². The molecule has 0 aromatic heterocycles. The van der Waals surface area contributed by atoms with Crippen LogP contribution in [0, 0.1) is 13.0 Å². The molecule has 0 unspecified atom stereocenters. The molecule has 0 aliphatic heterocycles. The second-order valence-electron chi connectivity index (χ2n) is 6.10. The molecule has 0 nitrogen and oxygen atoms in total. The normalized spacial score (nSPS) is 9.28. The van der Waals surface area contributed by atoms with Crippen molar-refractivity contribution >= 4 is 32.7 Å². The van der Waals surface area contributed by atoms with E-state index in [0.717, 1.165) is 5.56 Å². The van der Waals surface area contributed by atoms with Crippen LogP contribution in [0.25, 0.3) is 0 Å². The van der Waals surface area contributed by atoms with E-state index in [1.807, 2.05) is 24.3 Å². The summed E-state index contributed by atoms with van der Waals surface area (Å²) in [7, 11) is -5.26. The van der Waals surface area contributed by atoms with E-state index in [-0.39, 0.29) is 44.8 Å². The van der Waals surface area contributed by atoms with E-state index in [2.05, 4.69) is 104 Å². The van der Waals surface area contributed by atoms with Crippen molar-refractivity contribution in [1.82, 2.24) is 0 Å². The molecule has 0 heterocycles. The van der Waals surface area contributed by atoms with Crippen LogP contribution in [0.1, 0.15) is 5.56 Å². The van der Waals surface area contributed by atoms with Crippen molar-refractivity contribution in [3.63, 3.8) is 0 Å². The minimum absolute atomic E-state index is 0. The van der Waals surface area contributed by atoms with Crippen LogP contribution in [-0.2, 0) is 44.8 Å². The Morgan fingerprint density at radius 2 is 0.906 bits per heavy atom. The number of hydrogen-bond acceptors (Lipinski definition) is 0. The van der Waals surface area contributed by atoms with Gasteiger partial charge in [-0.15, -0.1) is 0 Å². The molecule has 0 amide bonds. The molecule has 4 aromatic rings. The van der Waals surface area contributed by atoms with Crippen molar-refractivity contribution in [3.8, 4) is 0 Å². The number of rotatable bonds is 3.